The lowest BCUT2D eigenvalue weighted by atomic mass is 10.2. The van der Waals surface area contributed by atoms with E-state index in [1.165, 1.54) is 18.2 Å². The second-order valence-corrected chi connectivity index (χ2v) is 8.58. The highest BCUT2D eigenvalue weighted by Crippen LogP contribution is 2.27. The fourth-order valence-electron chi connectivity index (χ4n) is 1.89. The smallest absolute Gasteiger partial charge is 0.291 e. The van der Waals surface area contributed by atoms with Gasteiger partial charge in [0.05, 0.1) is 15.7 Å². The van der Waals surface area contributed by atoms with Gasteiger partial charge in [-0.1, -0.05) is 52.7 Å². The van der Waals surface area contributed by atoms with E-state index in [0.29, 0.717) is 10.6 Å². The Kier molecular flexibility index (Phi) is 5.42. The van der Waals surface area contributed by atoms with Gasteiger partial charge in [-0.05, 0) is 30.3 Å². The SMILES string of the molecule is O=C(Nc1nnc(S(=O)(=O)Nc2ccc(Cl)c(Cl)c2)s1)c1ccccc1. The van der Waals surface area contributed by atoms with Crippen LogP contribution in [-0.4, -0.2) is 24.5 Å². The number of nitrogens with zero attached hydrogens (tertiary/aromatic N) is 2. The number of amides is 1. The quantitative estimate of drug-likeness (QED) is 0.600. The van der Waals surface area contributed by atoms with E-state index in [1.54, 1.807) is 30.3 Å². The maximum absolute atomic E-state index is 12.4. The number of anilines is 2. The van der Waals surface area contributed by atoms with Crippen molar-refractivity contribution < 1.29 is 13.2 Å². The summed E-state index contributed by atoms with van der Waals surface area (Å²) in [6, 6.07) is 12.8. The van der Waals surface area contributed by atoms with Crippen LogP contribution in [0.4, 0.5) is 10.8 Å². The molecule has 0 aliphatic carbocycles. The molecular weight excluding hydrogens is 419 g/mol. The van der Waals surface area contributed by atoms with Gasteiger partial charge in [0.15, 0.2) is 0 Å². The van der Waals surface area contributed by atoms with E-state index in [-0.39, 0.29) is 20.2 Å². The molecule has 2 aromatic carbocycles. The van der Waals surface area contributed by atoms with E-state index in [0.717, 1.165) is 11.3 Å². The molecule has 3 rings (SSSR count). The maximum Gasteiger partial charge on any atom is 0.291 e. The van der Waals surface area contributed by atoms with Crippen molar-refractivity contribution in [3.05, 3.63) is 64.1 Å². The van der Waals surface area contributed by atoms with Gasteiger partial charge in [0.25, 0.3) is 20.3 Å². The Hall–Kier alpha value is -2.20. The monoisotopic (exact) mass is 428 g/mol. The largest absolute Gasteiger partial charge is 0.296 e. The molecule has 1 aromatic heterocycles. The molecule has 0 fully saturated rings. The van der Waals surface area contributed by atoms with Crippen LogP contribution in [-0.2, 0) is 10.0 Å². The molecule has 0 bridgehead atoms. The predicted molar refractivity (Wildman–Crippen MR) is 102 cm³/mol. The highest BCUT2D eigenvalue weighted by Gasteiger charge is 2.21. The fourth-order valence-corrected chi connectivity index (χ4v) is 4.13. The van der Waals surface area contributed by atoms with Crippen LogP contribution < -0.4 is 10.0 Å². The van der Waals surface area contributed by atoms with Gasteiger partial charge in [-0.15, -0.1) is 10.2 Å². The Morgan fingerprint density at radius 2 is 1.73 bits per heavy atom. The molecule has 11 heteroatoms. The summed E-state index contributed by atoms with van der Waals surface area (Å²) < 4.78 is 26.8. The number of halogens is 2. The number of carbonyl (C=O) groups excluding carboxylic acids is 1. The Morgan fingerprint density at radius 3 is 2.42 bits per heavy atom. The van der Waals surface area contributed by atoms with Crippen molar-refractivity contribution in [1.29, 1.82) is 0 Å². The zero-order valence-corrected chi connectivity index (χ0v) is 16.0. The van der Waals surface area contributed by atoms with Crippen molar-refractivity contribution in [2.75, 3.05) is 10.0 Å². The first-order valence-electron chi connectivity index (χ1n) is 7.03. The molecule has 0 saturated heterocycles. The lowest BCUT2D eigenvalue weighted by Crippen LogP contribution is -2.12. The van der Waals surface area contributed by atoms with Gasteiger partial charge in [-0.2, -0.15) is 8.42 Å². The van der Waals surface area contributed by atoms with E-state index < -0.39 is 15.9 Å². The molecule has 0 aliphatic rings. The molecule has 3 aromatic rings. The first-order chi connectivity index (χ1) is 12.3. The van der Waals surface area contributed by atoms with E-state index in [1.807, 2.05) is 0 Å². The normalized spacial score (nSPS) is 11.2. The van der Waals surface area contributed by atoms with Gasteiger partial charge in [0, 0.05) is 5.56 Å². The standard InChI is InChI=1S/C15H10Cl2N4O3S2/c16-11-7-6-10(8-12(11)17)21-26(23,24)15-20-19-14(25-15)18-13(22)9-4-2-1-3-5-9/h1-8,21H,(H,18,19,22). The number of nitrogens with one attached hydrogen (secondary N) is 2. The van der Waals surface area contributed by atoms with Crippen LogP contribution >= 0.6 is 34.5 Å². The van der Waals surface area contributed by atoms with E-state index >= 15 is 0 Å². The molecule has 1 amide bonds. The van der Waals surface area contributed by atoms with Crippen LogP contribution in [0, 0.1) is 0 Å². The zero-order chi connectivity index (χ0) is 18.7. The van der Waals surface area contributed by atoms with Crippen molar-refractivity contribution in [2.45, 2.75) is 4.34 Å². The molecule has 7 nitrogen and oxygen atoms in total. The summed E-state index contributed by atoms with van der Waals surface area (Å²) in [4.78, 5) is 12.1. The van der Waals surface area contributed by atoms with Crippen LogP contribution in [0.3, 0.4) is 0 Å². The molecule has 1 heterocycles. The van der Waals surface area contributed by atoms with Gasteiger partial charge in [-0.25, -0.2) is 0 Å². The van der Waals surface area contributed by atoms with Crippen molar-refractivity contribution in [3.8, 4) is 0 Å². The summed E-state index contributed by atoms with van der Waals surface area (Å²) in [7, 11) is -3.98. The Morgan fingerprint density at radius 1 is 1.00 bits per heavy atom. The first-order valence-corrected chi connectivity index (χ1v) is 10.1. The minimum atomic E-state index is -3.98. The average Bonchev–Trinajstić information content (AvgIpc) is 3.08. The van der Waals surface area contributed by atoms with Gasteiger partial charge in [0.2, 0.25) is 5.13 Å². The predicted octanol–water partition coefficient (Wildman–Crippen LogP) is 3.90. The van der Waals surface area contributed by atoms with Crippen molar-refractivity contribution in [3.63, 3.8) is 0 Å². The molecular formula is C15H10Cl2N4O3S2. The lowest BCUT2D eigenvalue weighted by Gasteiger charge is -2.05. The molecule has 0 aliphatic heterocycles. The van der Waals surface area contributed by atoms with Crippen molar-refractivity contribution in [2.24, 2.45) is 0 Å². The topological polar surface area (TPSA) is 101 Å². The van der Waals surface area contributed by atoms with E-state index in [9.17, 15) is 13.2 Å². The average molecular weight is 429 g/mol. The Balaban J connectivity index is 1.75. The second-order valence-electron chi connectivity index (χ2n) is 4.93. The van der Waals surface area contributed by atoms with Crippen LogP contribution in [0.5, 0.6) is 0 Å². The summed E-state index contributed by atoms with van der Waals surface area (Å²) in [5.41, 5.74) is 0.644. The van der Waals surface area contributed by atoms with Gasteiger partial charge in [0.1, 0.15) is 0 Å². The van der Waals surface area contributed by atoms with Crippen molar-refractivity contribution >= 4 is 61.3 Å². The number of benzene rings is 2. The highest BCUT2D eigenvalue weighted by atomic mass is 35.5. The molecule has 0 radical (unpaired) electrons. The van der Waals surface area contributed by atoms with Gasteiger partial charge in [-0.3, -0.25) is 14.8 Å². The zero-order valence-electron chi connectivity index (χ0n) is 12.8. The van der Waals surface area contributed by atoms with E-state index in [4.69, 9.17) is 23.2 Å². The number of carbonyl (C=O) groups is 1. The highest BCUT2D eigenvalue weighted by molar-refractivity contribution is 7.94. The summed E-state index contributed by atoms with van der Waals surface area (Å²) in [6.07, 6.45) is 0. The summed E-state index contributed by atoms with van der Waals surface area (Å²) in [5.74, 6) is -0.414. The lowest BCUT2D eigenvalue weighted by molar-refractivity contribution is 0.102. The maximum atomic E-state index is 12.4. The molecule has 0 unspecified atom stereocenters. The summed E-state index contributed by atoms with van der Waals surface area (Å²) in [6.45, 7) is 0. The van der Waals surface area contributed by atoms with Crippen LogP contribution in [0.2, 0.25) is 10.0 Å². The Bertz CT molecular complexity index is 1060. The number of rotatable bonds is 5. The van der Waals surface area contributed by atoms with Crippen LogP contribution in [0.1, 0.15) is 10.4 Å². The molecule has 2 N–H and O–H groups in total. The van der Waals surface area contributed by atoms with Gasteiger partial charge >= 0.3 is 0 Å². The minimum Gasteiger partial charge on any atom is -0.296 e. The van der Waals surface area contributed by atoms with E-state index in [2.05, 4.69) is 20.2 Å². The molecule has 0 saturated carbocycles. The molecule has 26 heavy (non-hydrogen) atoms. The van der Waals surface area contributed by atoms with Gasteiger partial charge < -0.3 is 0 Å². The molecule has 134 valence electrons. The first kappa shape index (κ1) is 18.6. The third-order valence-electron chi connectivity index (χ3n) is 3.06. The third-order valence-corrected chi connectivity index (χ3v) is 6.39. The Labute approximate surface area is 163 Å². The number of sulfonamides is 1. The van der Waals surface area contributed by atoms with Crippen LogP contribution in [0.15, 0.2) is 52.9 Å². The second kappa shape index (κ2) is 7.58. The fraction of sp³-hybridized carbons (Fsp3) is 0. The summed E-state index contributed by atoms with van der Waals surface area (Å²) >= 11 is 12.4. The minimum absolute atomic E-state index is 0.0633. The number of hydrogen-bond acceptors (Lipinski definition) is 6. The number of hydrogen-bond donors (Lipinski definition) is 2. The molecule has 0 spiro atoms. The van der Waals surface area contributed by atoms with Crippen LogP contribution in [0.25, 0.3) is 0 Å². The summed E-state index contributed by atoms with van der Waals surface area (Å²) in [5, 5.41) is 10.4. The van der Waals surface area contributed by atoms with Crippen molar-refractivity contribution in [1.82, 2.24) is 10.2 Å². The number of aromatic nitrogens is 2. The molecule has 0 atom stereocenters. The third kappa shape index (κ3) is 4.31.